The third kappa shape index (κ3) is 3.43. The number of aryl methyl sites for hydroxylation is 3. The molecule has 0 aromatic carbocycles. The van der Waals surface area contributed by atoms with E-state index in [1.54, 1.807) is 17.7 Å². The fourth-order valence-corrected chi connectivity index (χ4v) is 5.22. The highest BCUT2D eigenvalue weighted by Gasteiger charge is 2.59. The minimum Gasteiger partial charge on any atom is -0.374 e. The molecule has 7 heteroatoms. The lowest BCUT2D eigenvalue weighted by molar-refractivity contribution is -0.0300. The van der Waals surface area contributed by atoms with Crippen molar-refractivity contribution in [3.63, 3.8) is 0 Å². The summed E-state index contributed by atoms with van der Waals surface area (Å²) in [7, 11) is 1.77. The van der Waals surface area contributed by atoms with Gasteiger partial charge in [-0.05, 0) is 64.0 Å². The molecule has 3 saturated carbocycles. The first-order valence-electron chi connectivity index (χ1n) is 11.6. The maximum atomic E-state index is 11.8. The number of aromatic nitrogens is 5. The molecule has 2 unspecified atom stereocenters. The molecule has 3 aliphatic rings. The van der Waals surface area contributed by atoms with Crippen molar-refractivity contribution in [2.75, 3.05) is 6.61 Å². The molecule has 3 heterocycles. The quantitative estimate of drug-likeness (QED) is 0.559. The maximum absolute atomic E-state index is 11.8. The topological polar surface area (TPSA) is 82.8 Å². The van der Waals surface area contributed by atoms with Crippen LogP contribution < -0.4 is 5.56 Å². The Morgan fingerprint density at radius 2 is 1.84 bits per heavy atom. The van der Waals surface area contributed by atoms with Gasteiger partial charge in [0.25, 0.3) is 0 Å². The Balaban J connectivity index is 1.52. The number of nitrogens with zero attached hydrogens (tertiary/aromatic N) is 5. The van der Waals surface area contributed by atoms with Gasteiger partial charge in [-0.1, -0.05) is 6.92 Å². The zero-order valence-electron chi connectivity index (χ0n) is 19.6. The predicted molar refractivity (Wildman–Crippen MR) is 123 cm³/mol. The smallest absolute Gasteiger partial charge is 0.250 e. The van der Waals surface area contributed by atoms with Crippen molar-refractivity contribution in [1.29, 1.82) is 0 Å². The molecule has 3 aliphatic carbocycles. The number of fused-ring (bicyclic) bond motifs is 1. The van der Waals surface area contributed by atoms with Gasteiger partial charge in [-0.25, -0.2) is 19.9 Å². The second-order valence-electron chi connectivity index (χ2n) is 9.75. The molecule has 0 amide bonds. The molecule has 3 fully saturated rings. The van der Waals surface area contributed by atoms with Gasteiger partial charge in [0, 0.05) is 37.3 Å². The van der Waals surface area contributed by atoms with E-state index in [-0.39, 0.29) is 23.0 Å². The summed E-state index contributed by atoms with van der Waals surface area (Å²) < 4.78 is 7.67. The van der Waals surface area contributed by atoms with Crippen LogP contribution in [0.3, 0.4) is 0 Å². The molecule has 2 bridgehead atoms. The Hall–Kier alpha value is -2.67. The minimum absolute atomic E-state index is 0.0256. The third-order valence-corrected chi connectivity index (χ3v) is 7.36. The van der Waals surface area contributed by atoms with Gasteiger partial charge < -0.3 is 9.30 Å². The molecule has 6 rings (SSSR count). The Bertz CT molecular complexity index is 1230. The van der Waals surface area contributed by atoms with Crippen LogP contribution >= 0.6 is 0 Å². The number of hydrogen-bond donors (Lipinski definition) is 0. The van der Waals surface area contributed by atoms with E-state index < -0.39 is 0 Å². The Labute approximate surface area is 188 Å². The molecule has 0 saturated heterocycles. The summed E-state index contributed by atoms with van der Waals surface area (Å²) in [5.41, 5.74) is 5.68. The lowest BCUT2D eigenvalue weighted by Gasteiger charge is -2.61. The molecule has 0 radical (unpaired) electrons. The van der Waals surface area contributed by atoms with Crippen molar-refractivity contribution in [3.05, 3.63) is 57.2 Å². The molecule has 2 atom stereocenters. The Morgan fingerprint density at radius 3 is 2.47 bits per heavy atom. The monoisotopic (exact) mass is 433 g/mol. The van der Waals surface area contributed by atoms with Gasteiger partial charge in [0.1, 0.15) is 11.3 Å². The van der Waals surface area contributed by atoms with Crippen LogP contribution in [0, 0.1) is 19.8 Å². The standard InChI is InChI=1S/C25H31N5O2/c1-6-32-19(18-7-8-20(31)30(5)13-18)9-14(2)23-28-22(25-10-17(11-25)12-25)21-24(29-23)27-16(4)15(3)26-21/h7-8,13-14,17,19H,6,9-12H2,1-5H3. The average Bonchev–Trinajstić information content (AvgIpc) is 2.68. The van der Waals surface area contributed by atoms with Gasteiger partial charge in [0.2, 0.25) is 5.56 Å². The summed E-state index contributed by atoms with van der Waals surface area (Å²) >= 11 is 0. The fraction of sp³-hybridized carbons (Fsp3) is 0.560. The van der Waals surface area contributed by atoms with Crippen LogP contribution in [0.5, 0.6) is 0 Å². The summed E-state index contributed by atoms with van der Waals surface area (Å²) in [5, 5.41) is 0. The van der Waals surface area contributed by atoms with Crippen molar-refractivity contribution in [3.8, 4) is 0 Å². The summed E-state index contributed by atoms with van der Waals surface area (Å²) in [6.07, 6.45) is 6.08. The van der Waals surface area contributed by atoms with Gasteiger partial charge in [0.05, 0.1) is 23.2 Å². The van der Waals surface area contributed by atoms with Crippen molar-refractivity contribution in [1.82, 2.24) is 24.5 Å². The van der Waals surface area contributed by atoms with Crippen LogP contribution in [0.4, 0.5) is 0 Å². The molecule has 32 heavy (non-hydrogen) atoms. The molecule has 7 nitrogen and oxygen atoms in total. The van der Waals surface area contributed by atoms with Gasteiger partial charge in [-0.3, -0.25) is 4.79 Å². The van der Waals surface area contributed by atoms with Crippen molar-refractivity contribution in [2.24, 2.45) is 13.0 Å². The lowest BCUT2D eigenvalue weighted by Crippen LogP contribution is -2.56. The molecule has 0 N–H and O–H groups in total. The summed E-state index contributed by atoms with van der Waals surface area (Å²) in [6, 6.07) is 3.46. The highest BCUT2D eigenvalue weighted by atomic mass is 16.5. The zero-order valence-corrected chi connectivity index (χ0v) is 19.6. The van der Waals surface area contributed by atoms with Crippen LogP contribution in [0.25, 0.3) is 11.2 Å². The SMILES string of the molecule is CCOC(CC(C)c1nc(C23CC(C2)C3)c2nc(C)c(C)nc2n1)c1ccc(=O)n(C)c1. The van der Waals surface area contributed by atoms with Crippen LogP contribution in [-0.2, 0) is 17.2 Å². The van der Waals surface area contributed by atoms with Gasteiger partial charge in [-0.15, -0.1) is 0 Å². The van der Waals surface area contributed by atoms with Gasteiger partial charge in [-0.2, -0.15) is 0 Å². The van der Waals surface area contributed by atoms with Crippen molar-refractivity contribution >= 4 is 11.2 Å². The van der Waals surface area contributed by atoms with E-state index in [0.717, 1.165) is 46.3 Å². The van der Waals surface area contributed by atoms with E-state index in [2.05, 4.69) is 6.92 Å². The number of pyridine rings is 1. The second kappa shape index (κ2) is 7.73. The van der Waals surface area contributed by atoms with Crippen LogP contribution in [-0.4, -0.2) is 31.1 Å². The number of hydrogen-bond acceptors (Lipinski definition) is 6. The van der Waals surface area contributed by atoms with E-state index in [4.69, 9.17) is 24.7 Å². The zero-order chi connectivity index (χ0) is 22.6. The van der Waals surface area contributed by atoms with E-state index in [1.807, 2.05) is 33.0 Å². The minimum atomic E-state index is -0.134. The van der Waals surface area contributed by atoms with E-state index >= 15 is 0 Å². The van der Waals surface area contributed by atoms with E-state index in [0.29, 0.717) is 12.3 Å². The highest BCUT2D eigenvalue weighted by Crippen LogP contribution is 2.65. The first-order valence-corrected chi connectivity index (χ1v) is 11.6. The van der Waals surface area contributed by atoms with Crippen molar-refractivity contribution in [2.45, 2.75) is 70.8 Å². The summed E-state index contributed by atoms with van der Waals surface area (Å²) in [6.45, 7) is 8.73. The van der Waals surface area contributed by atoms with Gasteiger partial charge in [0.15, 0.2) is 5.65 Å². The molecule has 3 aromatic rings. The second-order valence-corrected chi connectivity index (χ2v) is 9.75. The molecular weight excluding hydrogens is 402 g/mol. The van der Waals surface area contributed by atoms with Crippen molar-refractivity contribution < 1.29 is 4.74 Å². The third-order valence-electron chi connectivity index (χ3n) is 7.36. The number of rotatable bonds is 7. The van der Waals surface area contributed by atoms with Crippen LogP contribution in [0.1, 0.15) is 80.0 Å². The van der Waals surface area contributed by atoms with E-state index in [1.165, 1.54) is 19.3 Å². The molecule has 168 valence electrons. The average molecular weight is 434 g/mol. The first kappa shape index (κ1) is 21.2. The summed E-state index contributed by atoms with van der Waals surface area (Å²) in [4.78, 5) is 31.5. The van der Waals surface area contributed by atoms with Crippen LogP contribution in [0.15, 0.2) is 23.1 Å². The lowest BCUT2D eigenvalue weighted by atomic mass is 9.43. The Kier molecular flexibility index (Phi) is 5.12. The predicted octanol–water partition coefficient (Wildman–Crippen LogP) is 4.06. The van der Waals surface area contributed by atoms with Gasteiger partial charge >= 0.3 is 0 Å². The Morgan fingerprint density at radius 1 is 1.12 bits per heavy atom. The normalized spacial score (nSPS) is 23.5. The molecule has 0 aliphatic heterocycles. The first-order chi connectivity index (χ1) is 15.3. The van der Waals surface area contributed by atoms with Crippen LogP contribution in [0.2, 0.25) is 0 Å². The molecular formula is C25H31N5O2. The number of ether oxygens (including phenoxy) is 1. The maximum Gasteiger partial charge on any atom is 0.250 e. The largest absolute Gasteiger partial charge is 0.374 e. The summed E-state index contributed by atoms with van der Waals surface area (Å²) in [5.74, 6) is 1.74. The fourth-order valence-electron chi connectivity index (χ4n) is 5.22. The highest BCUT2D eigenvalue weighted by molar-refractivity contribution is 5.75. The van der Waals surface area contributed by atoms with E-state index in [9.17, 15) is 4.79 Å². The molecule has 0 spiro atoms. The molecule has 3 aromatic heterocycles.